The molecule has 2 heterocycles. The van der Waals surface area contributed by atoms with Crippen molar-refractivity contribution in [3.63, 3.8) is 0 Å². The van der Waals surface area contributed by atoms with Crippen LogP contribution in [0.5, 0.6) is 0 Å². The maximum absolute atomic E-state index is 10.7. The van der Waals surface area contributed by atoms with Crippen LogP contribution in [0, 0.1) is 27.9 Å². The van der Waals surface area contributed by atoms with Crippen LogP contribution in [0.4, 0.5) is 11.4 Å². The van der Waals surface area contributed by atoms with Gasteiger partial charge in [0, 0.05) is 43.5 Å². The second-order valence-corrected chi connectivity index (χ2v) is 7.31. The summed E-state index contributed by atoms with van der Waals surface area (Å²) in [4.78, 5) is 15.3. The molecule has 0 spiro atoms. The highest BCUT2D eigenvalue weighted by atomic mass is 16.6. The summed E-state index contributed by atoms with van der Waals surface area (Å²) >= 11 is 0. The molecule has 1 aromatic rings. The van der Waals surface area contributed by atoms with E-state index >= 15 is 0 Å². The molecule has 1 aliphatic carbocycles. The number of rotatable bonds is 4. The number of nitro benzene ring substituents is 1. The van der Waals surface area contributed by atoms with E-state index in [-0.39, 0.29) is 10.6 Å². The Balaban J connectivity index is 1.29. The molecule has 6 nitrogen and oxygen atoms in total. The number of nitrogens with two attached hydrogens (primary N) is 1. The smallest absolute Gasteiger partial charge is 0.269 e. The van der Waals surface area contributed by atoms with Crippen LogP contribution >= 0.6 is 0 Å². The van der Waals surface area contributed by atoms with E-state index in [0.29, 0.717) is 6.04 Å². The first kappa shape index (κ1) is 14.9. The Bertz CT molecular complexity index is 571. The van der Waals surface area contributed by atoms with Gasteiger partial charge in [0.05, 0.1) is 4.92 Å². The Hall–Kier alpha value is -1.66. The van der Waals surface area contributed by atoms with E-state index in [9.17, 15) is 10.1 Å². The fourth-order valence-corrected chi connectivity index (χ4v) is 4.35. The minimum absolute atomic E-state index is 0.166. The summed E-state index contributed by atoms with van der Waals surface area (Å²) in [6.07, 6.45) is 2.27. The van der Waals surface area contributed by atoms with Crippen molar-refractivity contribution in [2.75, 3.05) is 37.6 Å². The molecular weight excluding hydrogens is 292 g/mol. The van der Waals surface area contributed by atoms with E-state index < -0.39 is 0 Å². The fourth-order valence-electron chi connectivity index (χ4n) is 4.35. The van der Waals surface area contributed by atoms with Gasteiger partial charge in [0.15, 0.2) is 0 Å². The zero-order valence-corrected chi connectivity index (χ0v) is 13.3. The first-order valence-corrected chi connectivity index (χ1v) is 8.59. The standard InChI is InChI=1S/C17H24N4O2/c18-12-5-7-19(8-6-12)9-15-16-10-20(11-17(15)16)13-1-3-14(4-2-13)21(22)23/h1-4,12,15-17H,5-11,18H2/t15?,16-,17+. The minimum Gasteiger partial charge on any atom is -0.371 e. The molecule has 124 valence electrons. The number of nitrogens with zero attached hydrogens (tertiary/aromatic N) is 3. The topological polar surface area (TPSA) is 75.6 Å². The van der Waals surface area contributed by atoms with Crippen molar-refractivity contribution in [3.8, 4) is 0 Å². The van der Waals surface area contributed by atoms with Crippen LogP contribution in [0.15, 0.2) is 24.3 Å². The average Bonchev–Trinajstić information content (AvgIpc) is 3.00. The van der Waals surface area contributed by atoms with E-state index in [1.54, 1.807) is 12.1 Å². The van der Waals surface area contributed by atoms with Gasteiger partial charge in [-0.15, -0.1) is 0 Å². The van der Waals surface area contributed by atoms with Crippen LogP contribution in [-0.2, 0) is 0 Å². The maximum atomic E-state index is 10.7. The molecule has 4 rings (SSSR count). The molecule has 1 saturated carbocycles. The second kappa shape index (κ2) is 5.76. The lowest BCUT2D eigenvalue weighted by Crippen LogP contribution is -2.41. The summed E-state index contributed by atoms with van der Waals surface area (Å²) in [5.41, 5.74) is 7.25. The third kappa shape index (κ3) is 2.93. The zero-order chi connectivity index (χ0) is 16.0. The largest absolute Gasteiger partial charge is 0.371 e. The predicted octanol–water partition coefficient (Wildman–Crippen LogP) is 1.70. The molecule has 2 saturated heterocycles. The van der Waals surface area contributed by atoms with Crippen molar-refractivity contribution in [1.82, 2.24) is 4.90 Å². The average molecular weight is 316 g/mol. The van der Waals surface area contributed by atoms with Crippen LogP contribution in [0.3, 0.4) is 0 Å². The molecule has 3 atom stereocenters. The summed E-state index contributed by atoms with van der Waals surface area (Å²) in [6.45, 7) is 5.74. The van der Waals surface area contributed by atoms with Gasteiger partial charge in [-0.2, -0.15) is 0 Å². The Morgan fingerprint density at radius 1 is 1.13 bits per heavy atom. The second-order valence-electron chi connectivity index (χ2n) is 7.31. The molecule has 3 fully saturated rings. The van der Waals surface area contributed by atoms with Gasteiger partial charge in [-0.1, -0.05) is 0 Å². The number of hydrogen-bond acceptors (Lipinski definition) is 5. The predicted molar refractivity (Wildman–Crippen MR) is 89.4 cm³/mol. The molecule has 0 bridgehead atoms. The number of anilines is 1. The maximum Gasteiger partial charge on any atom is 0.269 e. The molecule has 23 heavy (non-hydrogen) atoms. The van der Waals surface area contributed by atoms with Crippen molar-refractivity contribution in [1.29, 1.82) is 0 Å². The first-order chi connectivity index (χ1) is 11.1. The first-order valence-electron chi connectivity index (χ1n) is 8.59. The number of non-ortho nitro benzene ring substituents is 1. The van der Waals surface area contributed by atoms with Crippen molar-refractivity contribution >= 4 is 11.4 Å². The van der Waals surface area contributed by atoms with Gasteiger partial charge >= 0.3 is 0 Å². The highest BCUT2D eigenvalue weighted by molar-refractivity contribution is 5.52. The van der Waals surface area contributed by atoms with Crippen molar-refractivity contribution < 1.29 is 4.92 Å². The fraction of sp³-hybridized carbons (Fsp3) is 0.647. The zero-order valence-electron chi connectivity index (χ0n) is 13.3. The third-order valence-electron chi connectivity index (χ3n) is 5.90. The normalized spacial score (nSPS) is 31.2. The molecule has 1 unspecified atom stereocenters. The van der Waals surface area contributed by atoms with Gasteiger partial charge in [0.25, 0.3) is 5.69 Å². The van der Waals surface area contributed by atoms with Crippen LogP contribution in [0.25, 0.3) is 0 Å². The molecule has 6 heteroatoms. The number of likely N-dealkylation sites (tertiary alicyclic amines) is 1. The van der Waals surface area contributed by atoms with Crippen LogP contribution in [0.1, 0.15) is 12.8 Å². The highest BCUT2D eigenvalue weighted by Gasteiger charge is 2.55. The van der Waals surface area contributed by atoms with Gasteiger partial charge in [0.1, 0.15) is 0 Å². The van der Waals surface area contributed by atoms with Gasteiger partial charge in [-0.25, -0.2) is 0 Å². The van der Waals surface area contributed by atoms with Gasteiger partial charge < -0.3 is 15.5 Å². The van der Waals surface area contributed by atoms with Gasteiger partial charge in [-0.05, 0) is 55.8 Å². The van der Waals surface area contributed by atoms with Gasteiger partial charge in [-0.3, -0.25) is 10.1 Å². The van der Waals surface area contributed by atoms with Crippen molar-refractivity contribution in [2.45, 2.75) is 18.9 Å². The SMILES string of the molecule is NC1CCN(CC2[C@H]3CN(c4ccc([N+](=O)[O-])cc4)C[C@@H]23)CC1. The molecule has 0 radical (unpaired) electrons. The Labute approximate surface area is 136 Å². The lowest BCUT2D eigenvalue weighted by atomic mass is 10.1. The Morgan fingerprint density at radius 3 is 2.30 bits per heavy atom. The van der Waals surface area contributed by atoms with E-state index in [0.717, 1.165) is 62.5 Å². The van der Waals surface area contributed by atoms with Gasteiger partial charge in [0.2, 0.25) is 0 Å². The summed E-state index contributed by atoms with van der Waals surface area (Å²) in [7, 11) is 0. The molecule has 0 amide bonds. The number of hydrogen-bond donors (Lipinski definition) is 1. The summed E-state index contributed by atoms with van der Waals surface area (Å²) < 4.78 is 0. The van der Waals surface area contributed by atoms with E-state index in [1.807, 2.05) is 12.1 Å². The van der Waals surface area contributed by atoms with E-state index in [2.05, 4.69) is 9.80 Å². The molecule has 1 aromatic carbocycles. The van der Waals surface area contributed by atoms with E-state index in [4.69, 9.17) is 5.73 Å². The molecular formula is C17H24N4O2. The number of piperidine rings is 2. The van der Waals surface area contributed by atoms with Crippen molar-refractivity contribution in [3.05, 3.63) is 34.4 Å². The van der Waals surface area contributed by atoms with Crippen LogP contribution < -0.4 is 10.6 Å². The highest BCUT2D eigenvalue weighted by Crippen LogP contribution is 2.53. The Kier molecular flexibility index (Phi) is 3.73. The third-order valence-corrected chi connectivity index (χ3v) is 5.90. The molecule has 2 N–H and O–H groups in total. The lowest BCUT2D eigenvalue weighted by molar-refractivity contribution is -0.384. The number of fused-ring (bicyclic) bond motifs is 1. The lowest BCUT2D eigenvalue weighted by Gasteiger charge is -2.31. The minimum atomic E-state index is -0.341. The number of nitro groups is 1. The van der Waals surface area contributed by atoms with Crippen LogP contribution in [-0.4, -0.2) is 48.6 Å². The summed E-state index contributed by atoms with van der Waals surface area (Å²) in [5.74, 6) is 2.46. The Morgan fingerprint density at radius 2 is 1.74 bits per heavy atom. The molecule has 0 aromatic heterocycles. The summed E-state index contributed by atoms with van der Waals surface area (Å²) in [5, 5.41) is 10.7. The summed E-state index contributed by atoms with van der Waals surface area (Å²) in [6, 6.07) is 7.37. The van der Waals surface area contributed by atoms with Crippen LogP contribution in [0.2, 0.25) is 0 Å². The van der Waals surface area contributed by atoms with E-state index in [1.165, 1.54) is 6.54 Å². The van der Waals surface area contributed by atoms with Crippen molar-refractivity contribution in [2.24, 2.45) is 23.5 Å². The molecule has 3 aliphatic rings. The number of benzene rings is 1. The molecule has 2 aliphatic heterocycles. The quantitative estimate of drug-likeness (QED) is 0.676. The monoisotopic (exact) mass is 316 g/mol.